The molecule has 2 aliphatic rings. The number of hydrogen-bond donors (Lipinski definition) is 1. The standard InChI is InChI=1S/C21H27O2Si2.3C4H9.Sn/c1-24(2,3)16-9-7-8-14-18(16)21-19-15(20(14)23-21)10-13(12-22)11-17(19)25(4,5)6;3*1-3-4-2;/h7-11,21-22H,12H2,1-6H3;3*1,3-4H2,2H3;. The van der Waals surface area contributed by atoms with Crippen molar-refractivity contribution in [3.63, 3.8) is 0 Å². The van der Waals surface area contributed by atoms with E-state index in [4.69, 9.17) is 4.74 Å². The van der Waals surface area contributed by atoms with Gasteiger partial charge < -0.3 is 0 Å². The van der Waals surface area contributed by atoms with Crippen molar-refractivity contribution in [2.24, 2.45) is 0 Å². The second-order valence-electron chi connectivity index (χ2n) is 14.3. The van der Waals surface area contributed by atoms with E-state index in [2.05, 4.69) is 90.4 Å². The van der Waals surface area contributed by atoms with Crippen molar-refractivity contribution < 1.29 is 9.84 Å². The van der Waals surface area contributed by atoms with Crippen LogP contribution in [0.15, 0.2) is 30.3 Å². The number of unbranched alkanes of at least 4 members (excludes halogenated alkanes) is 3. The Balaban J connectivity index is 2.15. The van der Waals surface area contributed by atoms with Crippen LogP contribution in [0.25, 0.3) is 0 Å². The Morgan fingerprint density at radius 2 is 1.29 bits per heavy atom. The Hall–Kier alpha value is -0.408. The summed E-state index contributed by atoms with van der Waals surface area (Å²) in [5.41, 5.74) is 7.27. The van der Waals surface area contributed by atoms with E-state index in [9.17, 15) is 5.11 Å². The molecule has 2 nitrogen and oxygen atoms in total. The maximum absolute atomic E-state index is 10.5. The Bertz CT molecular complexity index is 1130. The summed E-state index contributed by atoms with van der Waals surface area (Å²) in [7, 11) is -3.27. The molecule has 2 aromatic rings. The van der Waals surface area contributed by atoms with Gasteiger partial charge in [0, 0.05) is 0 Å². The molecule has 2 unspecified atom stereocenters. The molecule has 2 atom stereocenters. The van der Waals surface area contributed by atoms with Gasteiger partial charge in [-0.05, 0) is 0 Å². The van der Waals surface area contributed by atoms with Gasteiger partial charge >= 0.3 is 241 Å². The summed E-state index contributed by atoms with van der Waals surface area (Å²) < 4.78 is 11.8. The first-order valence-corrected chi connectivity index (χ1v) is 30.0. The van der Waals surface area contributed by atoms with Crippen molar-refractivity contribution in [2.45, 2.75) is 128 Å². The number of fused-ring (bicyclic) bond motifs is 8. The predicted molar refractivity (Wildman–Crippen MR) is 173 cm³/mol. The zero-order chi connectivity index (χ0) is 27.9. The fourth-order valence-corrected chi connectivity index (χ4v) is 30.5. The third-order valence-corrected chi connectivity index (χ3v) is 30.9. The van der Waals surface area contributed by atoms with Gasteiger partial charge in [-0.2, -0.15) is 0 Å². The van der Waals surface area contributed by atoms with E-state index >= 15 is 0 Å². The molecule has 210 valence electrons. The topological polar surface area (TPSA) is 29.5 Å². The molecule has 2 aliphatic heterocycles. The van der Waals surface area contributed by atoms with Gasteiger partial charge in [0.2, 0.25) is 0 Å². The second kappa shape index (κ2) is 11.5. The molecule has 5 heteroatoms. The molecule has 0 amide bonds. The fraction of sp³-hybridized carbons (Fsp3) is 0.636. The van der Waals surface area contributed by atoms with Gasteiger partial charge in [-0.3, -0.25) is 0 Å². The Kier molecular flexibility index (Phi) is 9.22. The monoisotopic (exact) mass is 658 g/mol. The van der Waals surface area contributed by atoms with Gasteiger partial charge in [-0.15, -0.1) is 0 Å². The number of benzene rings is 2. The number of hydrogen-bond acceptors (Lipinski definition) is 2. The summed E-state index contributed by atoms with van der Waals surface area (Å²) in [6, 6.07) is 12.1. The number of rotatable bonds is 13. The predicted octanol–water partition coefficient (Wildman–Crippen LogP) is 8.33. The third-order valence-electron chi connectivity index (χ3n) is 9.50. The quantitative estimate of drug-likeness (QED) is 0.220. The van der Waals surface area contributed by atoms with Crippen molar-refractivity contribution >= 4 is 44.9 Å². The molecule has 0 fully saturated rings. The van der Waals surface area contributed by atoms with Crippen LogP contribution in [-0.4, -0.2) is 39.6 Å². The average molecular weight is 658 g/mol. The van der Waals surface area contributed by atoms with Gasteiger partial charge in [-0.1, -0.05) is 0 Å². The summed E-state index contributed by atoms with van der Waals surface area (Å²) in [4.78, 5) is 0. The van der Waals surface area contributed by atoms with Crippen LogP contribution in [-0.2, 0) is 15.0 Å². The van der Waals surface area contributed by atoms with Crippen LogP contribution in [0.1, 0.15) is 93.2 Å². The molecular formula is C33H54O2Si2Sn. The van der Waals surface area contributed by atoms with E-state index in [0.717, 1.165) is 5.56 Å². The van der Waals surface area contributed by atoms with Crippen LogP contribution < -0.4 is 10.4 Å². The van der Waals surface area contributed by atoms with Crippen LogP contribution in [0.5, 0.6) is 0 Å². The van der Waals surface area contributed by atoms with Crippen molar-refractivity contribution in [2.75, 3.05) is 0 Å². The van der Waals surface area contributed by atoms with Crippen LogP contribution in [0.4, 0.5) is 0 Å². The van der Waals surface area contributed by atoms with Gasteiger partial charge in [0.25, 0.3) is 0 Å². The fourth-order valence-electron chi connectivity index (χ4n) is 7.66. The number of aliphatic hydroxyl groups excluding tert-OH is 1. The zero-order valence-electron chi connectivity index (χ0n) is 25.9. The van der Waals surface area contributed by atoms with Crippen molar-refractivity contribution in [1.29, 1.82) is 0 Å². The van der Waals surface area contributed by atoms with E-state index < -0.39 is 34.5 Å². The molecule has 4 rings (SSSR count). The molecule has 0 saturated heterocycles. The van der Waals surface area contributed by atoms with E-state index in [1.807, 2.05) is 0 Å². The first-order chi connectivity index (χ1) is 17.9. The van der Waals surface area contributed by atoms with E-state index in [-0.39, 0.29) is 16.3 Å². The van der Waals surface area contributed by atoms with Crippen LogP contribution in [0.2, 0.25) is 52.6 Å². The normalized spacial score (nSPS) is 20.6. The SMILES string of the molecule is CCC[CH2][Sn]([CH2]CCC)([CH2]CCC)[C]12OC(c3c1cccc3[Si](C)(C)C)c1c2cc(CO)cc1[Si](C)(C)C. The van der Waals surface area contributed by atoms with Gasteiger partial charge in [0.1, 0.15) is 0 Å². The Morgan fingerprint density at radius 1 is 0.763 bits per heavy atom. The summed E-state index contributed by atoms with van der Waals surface area (Å²) in [6.07, 6.45) is 7.87. The van der Waals surface area contributed by atoms with Crippen molar-refractivity contribution in [3.05, 3.63) is 58.1 Å². The summed E-state index contributed by atoms with van der Waals surface area (Å²) in [6.45, 7) is 22.2. The van der Waals surface area contributed by atoms with E-state index in [1.165, 1.54) is 68.1 Å². The Morgan fingerprint density at radius 3 is 1.76 bits per heavy atom. The van der Waals surface area contributed by atoms with Gasteiger partial charge in [0.15, 0.2) is 0 Å². The van der Waals surface area contributed by atoms with Crippen LogP contribution in [0.3, 0.4) is 0 Å². The summed E-state index contributed by atoms with van der Waals surface area (Å²) in [5, 5.41) is 13.6. The molecule has 0 spiro atoms. The first-order valence-electron chi connectivity index (χ1n) is 15.5. The van der Waals surface area contributed by atoms with Gasteiger partial charge in [0.05, 0.1) is 0 Å². The number of aliphatic hydroxyl groups is 1. The first kappa shape index (κ1) is 30.5. The third kappa shape index (κ3) is 4.97. The molecule has 2 aromatic carbocycles. The minimum absolute atomic E-state index is 0.0818. The molecule has 0 aromatic heterocycles. The molecule has 0 saturated carbocycles. The van der Waals surface area contributed by atoms with E-state index in [0.29, 0.717) is 0 Å². The molecule has 38 heavy (non-hydrogen) atoms. The van der Waals surface area contributed by atoms with Gasteiger partial charge in [-0.25, -0.2) is 0 Å². The molecule has 2 heterocycles. The molecule has 0 radical (unpaired) electrons. The van der Waals surface area contributed by atoms with Crippen LogP contribution >= 0.6 is 0 Å². The zero-order valence-corrected chi connectivity index (χ0v) is 30.7. The van der Waals surface area contributed by atoms with Crippen molar-refractivity contribution in [1.82, 2.24) is 0 Å². The maximum atomic E-state index is 10.5. The van der Waals surface area contributed by atoms with E-state index in [1.54, 1.807) is 16.3 Å². The minimum atomic E-state index is -3.07. The summed E-state index contributed by atoms with van der Waals surface area (Å²) in [5.74, 6) is 0. The van der Waals surface area contributed by atoms with Crippen LogP contribution in [0, 0.1) is 0 Å². The molecule has 2 bridgehead atoms. The molecular weight excluding hydrogens is 603 g/mol. The molecule has 0 aliphatic carbocycles. The second-order valence-corrected chi connectivity index (χ2v) is 38.0. The number of ether oxygens (including phenoxy) is 1. The molecule has 1 N–H and O–H groups in total. The van der Waals surface area contributed by atoms with Crippen molar-refractivity contribution in [3.8, 4) is 0 Å². The average Bonchev–Trinajstić information content (AvgIpc) is 3.40. The summed E-state index contributed by atoms with van der Waals surface area (Å²) >= 11 is -3.07. The Labute approximate surface area is 239 Å².